The molecular formula is C14H22FN3O. The van der Waals surface area contributed by atoms with Crippen molar-refractivity contribution in [2.75, 3.05) is 11.9 Å². The zero-order valence-electron chi connectivity index (χ0n) is 11.5. The lowest BCUT2D eigenvalue weighted by molar-refractivity contribution is -0.116. The second-order valence-corrected chi connectivity index (χ2v) is 5.04. The predicted octanol–water partition coefficient (Wildman–Crippen LogP) is 2.56. The molecule has 1 atom stereocenters. The van der Waals surface area contributed by atoms with Crippen LogP contribution in [-0.2, 0) is 4.79 Å². The largest absolute Gasteiger partial charge is 0.330 e. The molecule has 1 unspecified atom stereocenters. The molecule has 3 N–H and O–H groups in total. The smallest absolute Gasteiger partial charge is 0.224 e. The van der Waals surface area contributed by atoms with Crippen molar-refractivity contribution in [1.82, 2.24) is 4.98 Å². The Balaban J connectivity index is 2.40. The van der Waals surface area contributed by atoms with E-state index in [1.807, 2.05) is 0 Å². The van der Waals surface area contributed by atoms with E-state index in [1.165, 1.54) is 18.3 Å². The molecule has 0 saturated carbocycles. The molecule has 1 amide bonds. The van der Waals surface area contributed by atoms with Crippen LogP contribution in [-0.4, -0.2) is 17.4 Å². The minimum absolute atomic E-state index is 0.0731. The number of nitrogens with zero attached hydrogens (tertiary/aromatic N) is 1. The number of anilines is 1. The summed E-state index contributed by atoms with van der Waals surface area (Å²) < 4.78 is 12.6. The highest BCUT2D eigenvalue weighted by atomic mass is 19.1. The number of nitrogens with two attached hydrogens (primary N) is 1. The van der Waals surface area contributed by atoms with E-state index in [0.29, 0.717) is 30.5 Å². The van der Waals surface area contributed by atoms with Gasteiger partial charge in [0.25, 0.3) is 0 Å². The Morgan fingerprint density at radius 1 is 1.42 bits per heavy atom. The van der Waals surface area contributed by atoms with Gasteiger partial charge >= 0.3 is 0 Å². The summed E-state index contributed by atoms with van der Waals surface area (Å²) in [6.45, 7) is 4.93. The maximum atomic E-state index is 12.6. The Labute approximate surface area is 113 Å². The van der Waals surface area contributed by atoms with Gasteiger partial charge in [-0.15, -0.1) is 0 Å². The van der Waals surface area contributed by atoms with Gasteiger partial charge in [-0.2, -0.15) is 4.39 Å². The summed E-state index contributed by atoms with van der Waals surface area (Å²) in [5, 5.41) is 2.71. The lowest BCUT2D eigenvalue weighted by Gasteiger charge is -2.19. The number of pyridine rings is 1. The van der Waals surface area contributed by atoms with Crippen LogP contribution in [0.4, 0.5) is 10.1 Å². The van der Waals surface area contributed by atoms with Crippen LogP contribution >= 0.6 is 0 Å². The van der Waals surface area contributed by atoms with E-state index in [4.69, 9.17) is 5.73 Å². The summed E-state index contributed by atoms with van der Waals surface area (Å²) in [5.74, 6) is 0.350. The van der Waals surface area contributed by atoms with E-state index in [0.717, 1.165) is 12.8 Å². The molecule has 106 valence electrons. The minimum atomic E-state index is -0.555. The van der Waals surface area contributed by atoms with Crippen LogP contribution in [0.2, 0.25) is 0 Å². The van der Waals surface area contributed by atoms with E-state index in [-0.39, 0.29) is 5.91 Å². The van der Waals surface area contributed by atoms with Crippen molar-refractivity contribution < 1.29 is 9.18 Å². The molecule has 0 fully saturated rings. The van der Waals surface area contributed by atoms with Gasteiger partial charge in [-0.05, 0) is 43.4 Å². The quantitative estimate of drug-likeness (QED) is 0.746. The zero-order chi connectivity index (χ0) is 14.3. The fraction of sp³-hybridized carbons (Fsp3) is 0.571. The third kappa shape index (κ3) is 5.79. The zero-order valence-corrected chi connectivity index (χ0v) is 11.5. The van der Waals surface area contributed by atoms with Crippen molar-refractivity contribution in [3.05, 3.63) is 24.3 Å². The lowest BCUT2D eigenvalue weighted by atomic mass is 9.88. The summed E-state index contributed by atoms with van der Waals surface area (Å²) in [5.41, 5.74) is 6.09. The van der Waals surface area contributed by atoms with Crippen LogP contribution in [0.5, 0.6) is 0 Å². The number of hydrogen-bond acceptors (Lipinski definition) is 3. The van der Waals surface area contributed by atoms with E-state index in [9.17, 15) is 9.18 Å². The Morgan fingerprint density at radius 2 is 2.16 bits per heavy atom. The fourth-order valence-corrected chi connectivity index (χ4v) is 2.01. The molecular weight excluding hydrogens is 245 g/mol. The van der Waals surface area contributed by atoms with E-state index in [1.54, 1.807) is 0 Å². The third-order valence-corrected chi connectivity index (χ3v) is 3.23. The molecule has 1 aromatic rings. The van der Waals surface area contributed by atoms with Gasteiger partial charge in [0, 0.05) is 6.42 Å². The molecule has 19 heavy (non-hydrogen) atoms. The number of aromatic nitrogens is 1. The fourth-order valence-electron chi connectivity index (χ4n) is 2.01. The number of halogens is 1. The molecule has 0 aliphatic heterocycles. The highest BCUT2D eigenvalue weighted by Crippen LogP contribution is 2.20. The SMILES string of the molecule is CC(C)C(CCN)CCC(=O)Nc1ccc(F)nc1. The van der Waals surface area contributed by atoms with Gasteiger partial charge in [0.05, 0.1) is 11.9 Å². The van der Waals surface area contributed by atoms with Crippen molar-refractivity contribution in [2.24, 2.45) is 17.6 Å². The monoisotopic (exact) mass is 267 g/mol. The minimum Gasteiger partial charge on any atom is -0.330 e. The number of amides is 1. The van der Waals surface area contributed by atoms with Crippen LogP contribution in [0.1, 0.15) is 33.1 Å². The van der Waals surface area contributed by atoms with Gasteiger partial charge in [0.1, 0.15) is 0 Å². The standard InChI is InChI=1S/C14H22FN3O/c1-10(2)11(7-8-16)3-6-14(19)18-12-4-5-13(15)17-9-12/h4-5,9-11H,3,6-8,16H2,1-2H3,(H,18,19). The molecule has 5 heteroatoms. The molecule has 1 rings (SSSR count). The van der Waals surface area contributed by atoms with Crippen molar-refractivity contribution in [1.29, 1.82) is 0 Å². The van der Waals surface area contributed by atoms with Gasteiger partial charge in [-0.25, -0.2) is 4.98 Å². The average molecular weight is 267 g/mol. The van der Waals surface area contributed by atoms with Crippen molar-refractivity contribution >= 4 is 11.6 Å². The molecule has 0 saturated heterocycles. The first-order valence-corrected chi connectivity index (χ1v) is 6.64. The highest BCUT2D eigenvalue weighted by molar-refractivity contribution is 5.90. The maximum Gasteiger partial charge on any atom is 0.224 e. The molecule has 0 aromatic carbocycles. The number of nitrogens with one attached hydrogen (secondary N) is 1. The Hall–Kier alpha value is -1.49. The van der Waals surface area contributed by atoms with Gasteiger partial charge < -0.3 is 11.1 Å². The van der Waals surface area contributed by atoms with Crippen molar-refractivity contribution in [3.63, 3.8) is 0 Å². The van der Waals surface area contributed by atoms with Crippen LogP contribution in [0.3, 0.4) is 0 Å². The first kappa shape index (κ1) is 15.6. The van der Waals surface area contributed by atoms with Crippen LogP contribution in [0, 0.1) is 17.8 Å². The normalized spacial score (nSPS) is 12.5. The summed E-state index contributed by atoms with van der Waals surface area (Å²) in [7, 11) is 0. The second kappa shape index (κ2) is 7.84. The summed E-state index contributed by atoms with van der Waals surface area (Å²) in [6, 6.07) is 2.72. The number of hydrogen-bond donors (Lipinski definition) is 2. The van der Waals surface area contributed by atoms with Gasteiger partial charge in [-0.3, -0.25) is 4.79 Å². The second-order valence-electron chi connectivity index (χ2n) is 5.04. The molecule has 0 radical (unpaired) electrons. The Morgan fingerprint density at radius 3 is 2.68 bits per heavy atom. The maximum absolute atomic E-state index is 12.6. The molecule has 0 bridgehead atoms. The highest BCUT2D eigenvalue weighted by Gasteiger charge is 2.14. The van der Waals surface area contributed by atoms with Gasteiger partial charge in [0.2, 0.25) is 11.9 Å². The van der Waals surface area contributed by atoms with E-state index < -0.39 is 5.95 Å². The van der Waals surface area contributed by atoms with Gasteiger partial charge in [0.15, 0.2) is 0 Å². The van der Waals surface area contributed by atoms with E-state index in [2.05, 4.69) is 24.1 Å². The Kier molecular flexibility index (Phi) is 6.42. The molecule has 1 aromatic heterocycles. The first-order valence-electron chi connectivity index (χ1n) is 6.64. The number of carbonyl (C=O) groups is 1. The Bertz CT molecular complexity index is 392. The first-order chi connectivity index (χ1) is 9.02. The third-order valence-electron chi connectivity index (χ3n) is 3.23. The number of carbonyl (C=O) groups excluding carboxylic acids is 1. The molecule has 4 nitrogen and oxygen atoms in total. The van der Waals surface area contributed by atoms with Crippen LogP contribution < -0.4 is 11.1 Å². The summed E-state index contributed by atoms with van der Waals surface area (Å²) in [6.07, 6.45) is 3.51. The van der Waals surface area contributed by atoms with Crippen molar-refractivity contribution in [3.8, 4) is 0 Å². The molecule has 0 aliphatic rings. The predicted molar refractivity (Wildman–Crippen MR) is 74.1 cm³/mol. The summed E-state index contributed by atoms with van der Waals surface area (Å²) >= 11 is 0. The topological polar surface area (TPSA) is 68.0 Å². The van der Waals surface area contributed by atoms with Crippen LogP contribution in [0.15, 0.2) is 18.3 Å². The number of rotatable bonds is 7. The lowest BCUT2D eigenvalue weighted by Crippen LogP contribution is -2.18. The summed E-state index contributed by atoms with van der Waals surface area (Å²) in [4.78, 5) is 15.3. The molecule has 1 heterocycles. The van der Waals surface area contributed by atoms with Crippen LogP contribution in [0.25, 0.3) is 0 Å². The average Bonchev–Trinajstić information content (AvgIpc) is 2.37. The molecule has 0 aliphatic carbocycles. The van der Waals surface area contributed by atoms with E-state index >= 15 is 0 Å². The van der Waals surface area contributed by atoms with Gasteiger partial charge in [-0.1, -0.05) is 13.8 Å². The molecule has 0 spiro atoms. The van der Waals surface area contributed by atoms with Crippen molar-refractivity contribution in [2.45, 2.75) is 33.1 Å².